The molecule has 0 amide bonds. The minimum Gasteiger partial charge on any atom is -0.457 e. The Morgan fingerprint density at radius 1 is 1.18 bits per heavy atom. The molecule has 0 spiro atoms. The second-order valence-electron chi connectivity index (χ2n) is 3.94. The lowest BCUT2D eigenvalue weighted by atomic mass is 10.0. The minimum atomic E-state index is -0.405. The van der Waals surface area contributed by atoms with Crippen LogP contribution in [0.1, 0.15) is 5.56 Å². The average Bonchev–Trinajstić information content (AvgIpc) is 2.38. The Bertz CT molecular complexity index is 646. The van der Waals surface area contributed by atoms with Crippen molar-refractivity contribution < 1.29 is 9.66 Å². The van der Waals surface area contributed by atoms with Crippen LogP contribution in [0.2, 0.25) is 0 Å². The van der Waals surface area contributed by atoms with Crippen LogP contribution in [-0.4, -0.2) is 4.92 Å². The largest absolute Gasteiger partial charge is 0.457 e. The first kappa shape index (κ1) is 9.84. The zero-order chi connectivity index (χ0) is 11.8. The third-order valence-corrected chi connectivity index (χ3v) is 2.88. The first-order valence-electron chi connectivity index (χ1n) is 5.26. The van der Waals surface area contributed by atoms with E-state index in [2.05, 4.69) is 0 Å². The molecule has 17 heavy (non-hydrogen) atoms. The molecule has 0 atom stereocenters. The first-order chi connectivity index (χ1) is 8.25. The summed E-state index contributed by atoms with van der Waals surface area (Å²) in [6, 6.07) is 11.7. The number of ether oxygens (including phenoxy) is 1. The summed E-state index contributed by atoms with van der Waals surface area (Å²) < 4.78 is 5.41. The molecule has 2 aromatic carbocycles. The van der Waals surface area contributed by atoms with Crippen molar-refractivity contribution in [2.75, 3.05) is 0 Å². The molecule has 4 nitrogen and oxygen atoms in total. The van der Waals surface area contributed by atoms with Gasteiger partial charge in [-0.2, -0.15) is 0 Å². The van der Waals surface area contributed by atoms with Gasteiger partial charge in [-0.3, -0.25) is 10.1 Å². The minimum absolute atomic E-state index is 0.0905. The maximum Gasteiger partial charge on any atom is 0.285 e. The van der Waals surface area contributed by atoms with Crippen molar-refractivity contribution >= 4 is 10.8 Å². The lowest BCUT2D eigenvalue weighted by Crippen LogP contribution is -2.09. The SMILES string of the molecule is O=[N+]([O-])C1=COc2c(ccc3ccccc23)C1. The molecule has 1 heterocycles. The first-order valence-corrected chi connectivity index (χ1v) is 5.26. The Kier molecular flexibility index (Phi) is 2.08. The number of nitro groups is 1. The quantitative estimate of drug-likeness (QED) is 0.556. The van der Waals surface area contributed by atoms with Gasteiger partial charge in [0, 0.05) is 10.9 Å². The van der Waals surface area contributed by atoms with Gasteiger partial charge in [-0.25, -0.2) is 0 Å². The van der Waals surface area contributed by atoms with E-state index in [-0.39, 0.29) is 5.70 Å². The van der Waals surface area contributed by atoms with Crippen molar-refractivity contribution in [2.45, 2.75) is 6.42 Å². The molecule has 0 saturated heterocycles. The summed E-state index contributed by atoms with van der Waals surface area (Å²) in [5.74, 6) is 0.730. The van der Waals surface area contributed by atoms with Crippen LogP contribution >= 0.6 is 0 Å². The van der Waals surface area contributed by atoms with E-state index >= 15 is 0 Å². The van der Waals surface area contributed by atoms with Crippen LogP contribution in [0.5, 0.6) is 5.75 Å². The average molecular weight is 227 g/mol. The number of fused-ring (bicyclic) bond motifs is 3. The van der Waals surface area contributed by atoms with Gasteiger partial charge < -0.3 is 4.74 Å². The summed E-state index contributed by atoms with van der Waals surface area (Å²) >= 11 is 0. The van der Waals surface area contributed by atoms with Gasteiger partial charge in [-0.05, 0) is 5.39 Å². The number of hydrogen-bond acceptors (Lipinski definition) is 3. The van der Waals surface area contributed by atoms with Gasteiger partial charge in [0.15, 0.2) is 6.26 Å². The Labute approximate surface area is 97.3 Å². The highest BCUT2D eigenvalue weighted by Gasteiger charge is 2.22. The van der Waals surface area contributed by atoms with E-state index in [0.29, 0.717) is 6.42 Å². The van der Waals surface area contributed by atoms with Crippen LogP contribution in [0.3, 0.4) is 0 Å². The number of nitrogens with zero attached hydrogens (tertiary/aromatic N) is 1. The summed E-state index contributed by atoms with van der Waals surface area (Å²) in [6.07, 6.45) is 1.54. The van der Waals surface area contributed by atoms with E-state index in [4.69, 9.17) is 4.74 Å². The van der Waals surface area contributed by atoms with Crippen LogP contribution in [-0.2, 0) is 6.42 Å². The molecule has 0 N–H and O–H groups in total. The Hall–Kier alpha value is -2.36. The lowest BCUT2D eigenvalue weighted by molar-refractivity contribution is -0.428. The maximum atomic E-state index is 10.7. The number of hydrogen-bond donors (Lipinski definition) is 0. The van der Waals surface area contributed by atoms with E-state index in [0.717, 1.165) is 22.1 Å². The third-order valence-electron chi connectivity index (χ3n) is 2.88. The molecule has 0 saturated carbocycles. The van der Waals surface area contributed by atoms with E-state index in [9.17, 15) is 10.1 Å². The summed E-state index contributed by atoms with van der Waals surface area (Å²) in [5.41, 5.74) is 0.950. The van der Waals surface area contributed by atoms with Crippen molar-refractivity contribution in [3.63, 3.8) is 0 Å². The van der Waals surface area contributed by atoms with Crippen LogP contribution < -0.4 is 4.74 Å². The summed E-state index contributed by atoms with van der Waals surface area (Å²) in [7, 11) is 0. The van der Waals surface area contributed by atoms with E-state index in [1.54, 1.807) is 0 Å². The summed E-state index contributed by atoms with van der Waals surface area (Å²) in [5, 5.41) is 12.7. The van der Waals surface area contributed by atoms with E-state index in [1.165, 1.54) is 6.26 Å². The second-order valence-corrected chi connectivity index (χ2v) is 3.94. The molecule has 2 aromatic rings. The van der Waals surface area contributed by atoms with Crippen LogP contribution in [0, 0.1) is 10.1 Å². The predicted molar refractivity (Wildman–Crippen MR) is 63.4 cm³/mol. The summed E-state index contributed by atoms with van der Waals surface area (Å²) in [6.45, 7) is 0. The number of benzene rings is 2. The van der Waals surface area contributed by atoms with Crippen molar-refractivity contribution in [3.05, 3.63) is 64.0 Å². The standard InChI is InChI=1S/C13H9NO3/c15-14(16)11-7-10-6-5-9-3-1-2-4-12(9)13(10)17-8-11/h1-6,8H,7H2. The molecule has 0 radical (unpaired) electrons. The monoisotopic (exact) mass is 227 g/mol. The molecule has 84 valence electrons. The smallest absolute Gasteiger partial charge is 0.285 e. The highest BCUT2D eigenvalue weighted by atomic mass is 16.6. The highest BCUT2D eigenvalue weighted by molar-refractivity contribution is 5.89. The molecule has 1 aliphatic rings. The molecule has 0 bridgehead atoms. The van der Waals surface area contributed by atoms with Gasteiger partial charge in [-0.15, -0.1) is 0 Å². The van der Waals surface area contributed by atoms with Gasteiger partial charge >= 0.3 is 0 Å². The molecule has 3 rings (SSSR count). The molecule has 1 aliphatic heterocycles. The van der Waals surface area contributed by atoms with Crippen molar-refractivity contribution in [2.24, 2.45) is 0 Å². The van der Waals surface area contributed by atoms with E-state index < -0.39 is 4.92 Å². The molecular weight excluding hydrogens is 218 g/mol. The van der Waals surface area contributed by atoms with Crippen LogP contribution in [0.25, 0.3) is 10.8 Å². The zero-order valence-electron chi connectivity index (χ0n) is 8.92. The maximum absolute atomic E-state index is 10.7. The van der Waals surface area contributed by atoms with Crippen LogP contribution in [0.4, 0.5) is 0 Å². The van der Waals surface area contributed by atoms with Crippen LogP contribution in [0.15, 0.2) is 48.4 Å². The number of allylic oxidation sites excluding steroid dienone is 1. The Morgan fingerprint density at radius 2 is 2.00 bits per heavy atom. The lowest BCUT2D eigenvalue weighted by Gasteiger charge is -2.14. The normalized spacial score (nSPS) is 13.8. The van der Waals surface area contributed by atoms with Crippen molar-refractivity contribution in [1.82, 2.24) is 0 Å². The van der Waals surface area contributed by atoms with Crippen molar-refractivity contribution in [1.29, 1.82) is 0 Å². The molecule has 4 heteroatoms. The second kappa shape index (κ2) is 3.59. The van der Waals surface area contributed by atoms with Gasteiger partial charge in [0.05, 0.1) is 11.3 Å². The van der Waals surface area contributed by atoms with Crippen molar-refractivity contribution in [3.8, 4) is 5.75 Å². The molecule has 0 fully saturated rings. The van der Waals surface area contributed by atoms with Gasteiger partial charge in [0.1, 0.15) is 5.75 Å². The topological polar surface area (TPSA) is 52.4 Å². The van der Waals surface area contributed by atoms with Gasteiger partial charge in [0.25, 0.3) is 5.70 Å². The van der Waals surface area contributed by atoms with Gasteiger partial charge in [-0.1, -0.05) is 36.4 Å². The molecule has 0 aliphatic carbocycles. The third kappa shape index (κ3) is 1.54. The molecule has 0 aromatic heterocycles. The fourth-order valence-corrected chi connectivity index (χ4v) is 2.04. The van der Waals surface area contributed by atoms with Gasteiger partial charge in [0.2, 0.25) is 0 Å². The summed E-state index contributed by atoms with van der Waals surface area (Å²) in [4.78, 5) is 10.3. The Balaban J connectivity index is 2.16. The molecular formula is C13H9NO3. The zero-order valence-corrected chi connectivity index (χ0v) is 8.92. The van der Waals surface area contributed by atoms with E-state index in [1.807, 2.05) is 36.4 Å². The molecule has 0 unspecified atom stereocenters. The Morgan fingerprint density at radius 3 is 2.82 bits per heavy atom. The fraction of sp³-hybridized carbons (Fsp3) is 0.0769. The fourth-order valence-electron chi connectivity index (χ4n) is 2.04. The highest BCUT2D eigenvalue weighted by Crippen LogP contribution is 2.34. The predicted octanol–water partition coefficient (Wildman–Crippen LogP) is 2.89. The number of rotatable bonds is 1.